The highest BCUT2D eigenvalue weighted by Gasteiger charge is 2.10. The molecule has 0 aliphatic heterocycles. The Morgan fingerprint density at radius 1 is 1.77 bits per heavy atom. The fourth-order valence-corrected chi connectivity index (χ4v) is 1.22. The van der Waals surface area contributed by atoms with Gasteiger partial charge in [-0.2, -0.15) is 0 Å². The number of aliphatic hydroxyl groups excluding tert-OH is 1. The van der Waals surface area contributed by atoms with E-state index in [1.165, 1.54) is 0 Å². The molecule has 0 spiro atoms. The Balaban J connectivity index is 2.45. The molecular weight excluding hydrogens is 164 g/mol. The Labute approximate surface area is 78.4 Å². The Hall–Kier alpha value is -1.27. The van der Waals surface area contributed by atoms with Crippen molar-refractivity contribution in [3.05, 3.63) is 18.2 Å². The van der Waals surface area contributed by atoms with E-state index in [9.17, 15) is 5.11 Å². The highest BCUT2D eigenvalue weighted by molar-refractivity contribution is 4.95. The minimum absolute atomic E-state index is 0.492. The fourth-order valence-electron chi connectivity index (χ4n) is 1.22. The zero-order valence-electron chi connectivity index (χ0n) is 7.77. The van der Waals surface area contributed by atoms with Crippen LogP contribution in [0.5, 0.6) is 0 Å². The van der Waals surface area contributed by atoms with Crippen molar-refractivity contribution in [1.29, 1.82) is 0 Å². The lowest BCUT2D eigenvalue weighted by Crippen LogP contribution is -2.05. The summed E-state index contributed by atoms with van der Waals surface area (Å²) >= 11 is 0. The van der Waals surface area contributed by atoms with Crippen LogP contribution in [-0.2, 0) is 7.05 Å². The first-order valence-electron chi connectivity index (χ1n) is 4.34. The standard InChI is InChI=1S/C10H14N2O/c1-3-4-5-6-9(13)10-11-7-8-12(10)2/h1,7-9,13H,4-6H2,2H3. The molecule has 1 rings (SSSR count). The van der Waals surface area contributed by atoms with Gasteiger partial charge >= 0.3 is 0 Å². The van der Waals surface area contributed by atoms with Crippen molar-refractivity contribution >= 4 is 0 Å². The molecule has 0 radical (unpaired) electrons. The van der Waals surface area contributed by atoms with E-state index in [1.54, 1.807) is 6.20 Å². The van der Waals surface area contributed by atoms with E-state index in [1.807, 2.05) is 17.8 Å². The Kier molecular flexibility index (Phi) is 3.53. The normalized spacial score (nSPS) is 12.4. The van der Waals surface area contributed by atoms with E-state index in [0.717, 1.165) is 6.42 Å². The lowest BCUT2D eigenvalue weighted by Gasteiger charge is -2.08. The van der Waals surface area contributed by atoms with Crippen LogP contribution in [0.1, 0.15) is 31.2 Å². The van der Waals surface area contributed by atoms with E-state index >= 15 is 0 Å². The van der Waals surface area contributed by atoms with Gasteiger partial charge in [-0.15, -0.1) is 12.3 Å². The number of rotatable bonds is 4. The lowest BCUT2D eigenvalue weighted by molar-refractivity contribution is 0.152. The van der Waals surface area contributed by atoms with Gasteiger partial charge in [-0.05, 0) is 12.8 Å². The third-order valence-corrected chi connectivity index (χ3v) is 1.96. The molecule has 70 valence electrons. The van der Waals surface area contributed by atoms with Crippen LogP contribution in [0.25, 0.3) is 0 Å². The molecule has 3 nitrogen and oxygen atoms in total. The van der Waals surface area contributed by atoms with Gasteiger partial charge in [-0.1, -0.05) is 0 Å². The summed E-state index contributed by atoms with van der Waals surface area (Å²) in [4.78, 5) is 4.06. The van der Waals surface area contributed by atoms with Crippen LogP contribution in [0.3, 0.4) is 0 Å². The van der Waals surface area contributed by atoms with Crippen molar-refractivity contribution in [2.75, 3.05) is 0 Å². The molecule has 1 unspecified atom stereocenters. The molecule has 1 aromatic heterocycles. The van der Waals surface area contributed by atoms with Gasteiger partial charge in [-0.3, -0.25) is 0 Å². The van der Waals surface area contributed by atoms with Gasteiger partial charge in [0.25, 0.3) is 0 Å². The molecule has 0 aliphatic carbocycles. The largest absolute Gasteiger partial charge is 0.385 e. The topological polar surface area (TPSA) is 38.1 Å². The summed E-state index contributed by atoms with van der Waals surface area (Å²) in [6.45, 7) is 0. The number of aliphatic hydroxyl groups is 1. The molecule has 1 aromatic rings. The molecule has 0 aromatic carbocycles. The van der Waals surface area contributed by atoms with E-state index in [-0.39, 0.29) is 0 Å². The van der Waals surface area contributed by atoms with Crippen LogP contribution in [0.2, 0.25) is 0 Å². The number of aryl methyl sites for hydroxylation is 1. The second-order valence-corrected chi connectivity index (χ2v) is 3.01. The molecular formula is C10H14N2O. The highest BCUT2D eigenvalue weighted by Crippen LogP contribution is 2.16. The molecule has 1 atom stereocenters. The van der Waals surface area contributed by atoms with Gasteiger partial charge in [0, 0.05) is 25.9 Å². The molecule has 0 saturated carbocycles. The van der Waals surface area contributed by atoms with Crippen LogP contribution >= 0.6 is 0 Å². The molecule has 0 bridgehead atoms. The van der Waals surface area contributed by atoms with Crippen LogP contribution in [0.4, 0.5) is 0 Å². The molecule has 0 aliphatic rings. The Bertz CT molecular complexity index is 298. The Morgan fingerprint density at radius 2 is 2.54 bits per heavy atom. The number of aromatic nitrogens is 2. The molecule has 0 fully saturated rings. The SMILES string of the molecule is C#CCCCC(O)c1nccn1C. The van der Waals surface area contributed by atoms with Crippen LogP contribution < -0.4 is 0 Å². The summed E-state index contributed by atoms with van der Waals surface area (Å²) in [5.74, 6) is 3.25. The predicted molar refractivity (Wildman–Crippen MR) is 50.9 cm³/mol. The first-order valence-corrected chi connectivity index (χ1v) is 4.34. The van der Waals surface area contributed by atoms with Crippen molar-refractivity contribution < 1.29 is 5.11 Å². The van der Waals surface area contributed by atoms with Crippen molar-refractivity contribution in [2.45, 2.75) is 25.4 Å². The second kappa shape index (κ2) is 4.68. The van der Waals surface area contributed by atoms with Crippen LogP contribution in [0.15, 0.2) is 12.4 Å². The minimum atomic E-state index is -0.492. The summed E-state index contributed by atoms with van der Waals surface area (Å²) in [6, 6.07) is 0. The van der Waals surface area contributed by atoms with Gasteiger partial charge in [0.05, 0.1) is 0 Å². The van der Waals surface area contributed by atoms with E-state index in [4.69, 9.17) is 6.42 Å². The third-order valence-electron chi connectivity index (χ3n) is 1.96. The zero-order chi connectivity index (χ0) is 9.68. The van der Waals surface area contributed by atoms with Crippen molar-refractivity contribution in [3.8, 4) is 12.3 Å². The average molecular weight is 178 g/mol. The minimum Gasteiger partial charge on any atom is -0.385 e. The van der Waals surface area contributed by atoms with Gasteiger partial charge < -0.3 is 9.67 Å². The van der Waals surface area contributed by atoms with Crippen molar-refractivity contribution in [2.24, 2.45) is 7.05 Å². The maximum absolute atomic E-state index is 9.66. The monoisotopic (exact) mass is 178 g/mol. The summed E-state index contributed by atoms with van der Waals surface area (Å²) in [5, 5.41) is 9.66. The quantitative estimate of drug-likeness (QED) is 0.556. The highest BCUT2D eigenvalue weighted by atomic mass is 16.3. The smallest absolute Gasteiger partial charge is 0.137 e. The average Bonchev–Trinajstić information content (AvgIpc) is 2.52. The third kappa shape index (κ3) is 2.60. The van der Waals surface area contributed by atoms with E-state index in [2.05, 4.69) is 10.9 Å². The summed E-state index contributed by atoms with van der Waals surface area (Å²) in [6.07, 6.45) is 10.3. The summed E-state index contributed by atoms with van der Waals surface area (Å²) in [5.41, 5.74) is 0. The molecule has 0 amide bonds. The molecule has 1 heterocycles. The maximum atomic E-state index is 9.66. The predicted octanol–water partition coefficient (Wildman–Crippen LogP) is 1.26. The number of hydrogen-bond acceptors (Lipinski definition) is 2. The maximum Gasteiger partial charge on any atom is 0.137 e. The zero-order valence-corrected chi connectivity index (χ0v) is 7.77. The van der Waals surface area contributed by atoms with Gasteiger partial charge in [0.1, 0.15) is 11.9 Å². The molecule has 0 saturated heterocycles. The van der Waals surface area contributed by atoms with Crippen molar-refractivity contribution in [1.82, 2.24) is 9.55 Å². The van der Waals surface area contributed by atoms with Crippen molar-refractivity contribution in [3.63, 3.8) is 0 Å². The van der Waals surface area contributed by atoms with Crippen LogP contribution in [0, 0.1) is 12.3 Å². The Morgan fingerprint density at radius 3 is 3.08 bits per heavy atom. The number of hydrogen-bond donors (Lipinski definition) is 1. The molecule has 3 heteroatoms. The number of imidazole rings is 1. The number of terminal acetylenes is 1. The number of unbranched alkanes of at least 4 members (excludes halogenated alkanes) is 1. The fraction of sp³-hybridized carbons (Fsp3) is 0.500. The number of nitrogens with zero attached hydrogens (tertiary/aromatic N) is 2. The molecule has 13 heavy (non-hydrogen) atoms. The molecule has 1 N–H and O–H groups in total. The van der Waals surface area contributed by atoms with E-state index < -0.39 is 6.10 Å². The second-order valence-electron chi connectivity index (χ2n) is 3.01. The van der Waals surface area contributed by atoms with Gasteiger partial charge in [0.2, 0.25) is 0 Å². The summed E-state index contributed by atoms with van der Waals surface area (Å²) < 4.78 is 1.82. The lowest BCUT2D eigenvalue weighted by atomic mass is 10.1. The van der Waals surface area contributed by atoms with E-state index in [0.29, 0.717) is 18.7 Å². The van der Waals surface area contributed by atoms with Crippen LogP contribution in [-0.4, -0.2) is 14.7 Å². The van der Waals surface area contributed by atoms with Gasteiger partial charge in [0.15, 0.2) is 0 Å². The summed E-state index contributed by atoms with van der Waals surface area (Å²) in [7, 11) is 1.87. The van der Waals surface area contributed by atoms with Gasteiger partial charge in [-0.25, -0.2) is 4.98 Å². The first kappa shape index (κ1) is 9.82. The first-order chi connectivity index (χ1) is 6.25.